The third-order valence-corrected chi connectivity index (χ3v) is 5.72. The fraction of sp³-hybridized carbons (Fsp3) is 0.450. The fourth-order valence-electron chi connectivity index (χ4n) is 4.45. The van der Waals surface area contributed by atoms with E-state index in [9.17, 15) is 14.0 Å². The van der Waals surface area contributed by atoms with Crippen LogP contribution in [0.2, 0.25) is 0 Å². The first-order valence-electron chi connectivity index (χ1n) is 9.56. The van der Waals surface area contributed by atoms with Crippen molar-refractivity contribution in [2.24, 2.45) is 17.6 Å². The highest BCUT2D eigenvalue weighted by atomic mass is 19.1. The highest BCUT2D eigenvalue weighted by Crippen LogP contribution is 2.45. The molecule has 0 saturated carbocycles. The molecule has 0 aliphatic carbocycles. The van der Waals surface area contributed by atoms with Gasteiger partial charge in [0.1, 0.15) is 12.1 Å². The maximum Gasteiger partial charge on any atom is 0.320 e. The number of likely N-dealkylation sites (tertiary alicyclic amines) is 2. The number of carbonyl (C=O) groups is 2. The van der Waals surface area contributed by atoms with Crippen LogP contribution in [0.25, 0.3) is 0 Å². The first-order valence-corrected chi connectivity index (χ1v) is 9.56. The summed E-state index contributed by atoms with van der Waals surface area (Å²) in [6, 6.07) is 5.94. The van der Waals surface area contributed by atoms with E-state index < -0.39 is 0 Å². The molecular weight excluding hydrogens is 377 g/mol. The second kappa shape index (κ2) is 7.47. The number of nitrogens with two attached hydrogens (primary N) is 1. The zero-order chi connectivity index (χ0) is 20.7. The quantitative estimate of drug-likeness (QED) is 0.845. The fourth-order valence-corrected chi connectivity index (χ4v) is 4.45. The van der Waals surface area contributed by atoms with Gasteiger partial charge in [0.05, 0.1) is 12.6 Å². The number of benzene rings is 1. The van der Waals surface area contributed by atoms with Crippen LogP contribution in [0.1, 0.15) is 28.0 Å². The number of oxazole rings is 1. The Kier molecular flexibility index (Phi) is 4.99. The zero-order valence-corrected chi connectivity index (χ0v) is 16.4. The van der Waals surface area contributed by atoms with Crippen molar-refractivity contribution in [1.29, 1.82) is 0 Å². The summed E-state index contributed by atoms with van der Waals surface area (Å²) in [6.07, 6.45) is 1.32. The molecule has 3 amide bonds. The third kappa shape index (κ3) is 3.46. The molecule has 0 spiro atoms. The van der Waals surface area contributed by atoms with E-state index in [2.05, 4.69) is 4.98 Å². The number of nitrogens with zero attached hydrogens (tertiary/aromatic N) is 4. The van der Waals surface area contributed by atoms with E-state index in [0.717, 1.165) is 5.56 Å². The van der Waals surface area contributed by atoms with Crippen LogP contribution >= 0.6 is 0 Å². The minimum absolute atomic E-state index is 0.0190. The molecule has 2 aliphatic rings. The topological polar surface area (TPSA) is 95.9 Å². The number of carbonyl (C=O) groups excluding carboxylic acids is 2. The number of hydrogen-bond donors (Lipinski definition) is 1. The third-order valence-electron chi connectivity index (χ3n) is 5.72. The van der Waals surface area contributed by atoms with E-state index in [-0.39, 0.29) is 47.9 Å². The Morgan fingerprint density at radius 1 is 1.31 bits per heavy atom. The average Bonchev–Trinajstić information content (AvgIpc) is 3.40. The molecule has 0 bridgehead atoms. The molecule has 1 aromatic carbocycles. The normalized spacial score (nSPS) is 23.4. The minimum Gasteiger partial charge on any atom is -0.447 e. The molecule has 9 heteroatoms. The summed E-state index contributed by atoms with van der Waals surface area (Å²) in [4.78, 5) is 34.8. The van der Waals surface area contributed by atoms with Gasteiger partial charge in [-0.15, -0.1) is 0 Å². The van der Waals surface area contributed by atoms with E-state index in [0.29, 0.717) is 25.5 Å². The van der Waals surface area contributed by atoms with Gasteiger partial charge in [-0.25, -0.2) is 14.2 Å². The van der Waals surface area contributed by atoms with Gasteiger partial charge in [-0.2, -0.15) is 0 Å². The SMILES string of the molecule is CN(C)C(=O)N1C[C@H]2CN(C(=O)c3coc(CN)n3)C[C@H]2[C@H]1c1cccc(F)c1. The molecule has 0 radical (unpaired) electrons. The lowest BCUT2D eigenvalue weighted by Gasteiger charge is -2.31. The number of hydrogen-bond acceptors (Lipinski definition) is 5. The van der Waals surface area contributed by atoms with Crippen LogP contribution in [-0.2, 0) is 6.54 Å². The summed E-state index contributed by atoms with van der Waals surface area (Å²) in [6.45, 7) is 1.62. The Morgan fingerprint density at radius 3 is 2.76 bits per heavy atom. The lowest BCUT2D eigenvalue weighted by Crippen LogP contribution is -2.42. The van der Waals surface area contributed by atoms with Gasteiger partial charge in [-0.1, -0.05) is 12.1 Å². The van der Waals surface area contributed by atoms with Gasteiger partial charge in [-0.3, -0.25) is 4.79 Å². The molecule has 1 aromatic heterocycles. The predicted molar refractivity (Wildman–Crippen MR) is 102 cm³/mol. The maximum atomic E-state index is 13.9. The first kappa shape index (κ1) is 19.4. The second-order valence-corrected chi connectivity index (χ2v) is 7.79. The lowest BCUT2D eigenvalue weighted by molar-refractivity contribution is 0.0760. The summed E-state index contributed by atoms with van der Waals surface area (Å²) < 4.78 is 19.1. The van der Waals surface area contributed by atoms with Crippen LogP contribution in [0.15, 0.2) is 34.9 Å². The molecule has 3 atom stereocenters. The largest absolute Gasteiger partial charge is 0.447 e. The zero-order valence-electron chi connectivity index (χ0n) is 16.4. The van der Waals surface area contributed by atoms with Crippen molar-refractivity contribution >= 4 is 11.9 Å². The smallest absolute Gasteiger partial charge is 0.320 e. The van der Waals surface area contributed by atoms with Crippen LogP contribution in [0, 0.1) is 17.7 Å². The van der Waals surface area contributed by atoms with E-state index in [1.54, 1.807) is 30.0 Å². The lowest BCUT2D eigenvalue weighted by atomic mass is 9.89. The number of urea groups is 1. The van der Waals surface area contributed by atoms with Gasteiger partial charge in [0.2, 0.25) is 5.89 Å². The standard InChI is InChI=1S/C20H24FN5O3/c1-24(2)20(28)26-9-13-8-25(19(27)16-11-29-17(7-22)23-16)10-15(13)18(26)12-4-3-5-14(21)6-12/h3-6,11,13,15,18H,7-10,22H2,1-2H3/t13-,15-,18-/m1/s1. The van der Waals surface area contributed by atoms with Gasteiger partial charge >= 0.3 is 6.03 Å². The van der Waals surface area contributed by atoms with Crippen LogP contribution in [-0.4, -0.2) is 65.4 Å². The van der Waals surface area contributed by atoms with Crippen molar-refractivity contribution in [2.75, 3.05) is 33.7 Å². The monoisotopic (exact) mass is 401 g/mol. The van der Waals surface area contributed by atoms with Crippen molar-refractivity contribution in [1.82, 2.24) is 19.7 Å². The van der Waals surface area contributed by atoms with Crippen LogP contribution in [0.3, 0.4) is 0 Å². The summed E-state index contributed by atoms with van der Waals surface area (Å²) in [5.74, 6) is -0.118. The molecule has 29 heavy (non-hydrogen) atoms. The molecule has 3 heterocycles. The maximum absolute atomic E-state index is 13.9. The second-order valence-electron chi connectivity index (χ2n) is 7.79. The van der Waals surface area contributed by atoms with Crippen molar-refractivity contribution in [3.05, 3.63) is 53.5 Å². The molecular formula is C20H24FN5O3. The van der Waals surface area contributed by atoms with Crippen molar-refractivity contribution in [3.8, 4) is 0 Å². The van der Waals surface area contributed by atoms with Crippen LogP contribution < -0.4 is 5.73 Å². The summed E-state index contributed by atoms with van der Waals surface area (Å²) in [7, 11) is 3.41. The number of rotatable bonds is 3. The Morgan fingerprint density at radius 2 is 2.10 bits per heavy atom. The molecule has 2 N–H and O–H groups in total. The number of amides is 3. The van der Waals surface area contributed by atoms with Crippen molar-refractivity contribution < 1.29 is 18.4 Å². The highest BCUT2D eigenvalue weighted by Gasteiger charge is 2.50. The van der Waals surface area contributed by atoms with Gasteiger partial charge < -0.3 is 24.9 Å². The first-order chi connectivity index (χ1) is 13.9. The Balaban J connectivity index is 1.60. The number of halogens is 1. The van der Waals surface area contributed by atoms with E-state index in [1.807, 2.05) is 6.07 Å². The number of fused-ring (bicyclic) bond motifs is 1. The summed E-state index contributed by atoms with van der Waals surface area (Å²) >= 11 is 0. The minimum atomic E-state index is -0.342. The summed E-state index contributed by atoms with van der Waals surface area (Å²) in [5.41, 5.74) is 6.48. The Bertz CT molecular complexity index is 930. The molecule has 0 unspecified atom stereocenters. The Labute approximate surface area is 168 Å². The molecule has 2 saturated heterocycles. The molecule has 2 aliphatic heterocycles. The summed E-state index contributed by atoms with van der Waals surface area (Å²) in [5, 5.41) is 0. The van der Waals surface area contributed by atoms with Gasteiger partial charge in [0.15, 0.2) is 5.69 Å². The molecule has 154 valence electrons. The van der Waals surface area contributed by atoms with Crippen molar-refractivity contribution in [2.45, 2.75) is 12.6 Å². The Hall–Kier alpha value is -2.94. The molecule has 4 rings (SSSR count). The predicted octanol–water partition coefficient (Wildman–Crippen LogP) is 1.70. The molecule has 2 aromatic rings. The van der Waals surface area contributed by atoms with E-state index in [4.69, 9.17) is 10.2 Å². The van der Waals surface area contributed by atoms with Crippen LogP contribution in [0.4, 0.5) is 9.18 Å². The van der Waals surface area contributed by atoms with Gasteiger partial charge in [0.25, 0.3) is 5.91 Å². The highest BCUT2D eigenvalue weighted by molar-refractivity contribution is 5.92. The average molecular weight is 401 g/mol. The van der Waals surface area contributed by atoms with Crippen LogP contribution in [0.5, 0.6) is 0 Å². The van der Waals surface area contributed by atoms with E-state index >= 15 is 0 Å². The number of aromatic nitrogens is 1. The molecule has 8 nitrogen and oxygen atoms in total. The van der Waals surface area contributed by atoms with Crippen molar-refractivity contribution in [3.63, 3.8) is 0 Å². The van der Waals surface area contributed by atoms with Gasteiger partial charge in [0, 0.05) is 45.6 Å². The van der Waals surface area contributed by atoms with E-state index in [1.165, 1.54) is 23.3 Å². The van der Waals surface area contributed by atoms with Gasteiger partial charge in [-0.05, 0) is 17.7 Å². The molecule has 2 fully saturated rings.